The number of aromatic nitrogens is 7. The van der Waals surface area contributed by atoms with Crippen molar-refractivity contribution in [1.82, 2.24) is 39.6 Å². The van der Waals surface area contributed by atoms with E-state index in [-0.39, 0.29) is 12.1 Å². The van der Waals surface area contributed by atoms with Crippen LogP contribution in [0.25, 0.3) is 28.2 Å². The number of rotatable bonds is 7. The van der Waals surface area contributed by atoms with E-state index >= 15 is 0 Å². The Bertz CT molecular complexity index is 1700. The average molecular weight is 535 g/mol. The van der Waals surface area contributed by atoms with Crippen LogP contribution >= 0.6 is 0 Å². The van der Waals surface area contributed by atoms with Gasteiger partial charge in [0.1, 0.15) is 11.1 Å². The molecular formula is C29H30N10O. The van der Waals surface area contributed by atoms with Gasteiger partial charge in [0.2, 0.25) is 5.95 Å². The second kappa shape index (κ2) is 10.7. The van der Waals surface area contributed by atoms with Gasteiger partial charge in [0.15, 0.2) is 11.5 Å². The molecule has 2 N–H and O–H groups in total. The lowest BCUT2D eigenvalue weighted by Gasteiger charge is -2.37. The molecule has 6 rings (SSSR count). The summed E-state index contributed by atoms with van der Waals surface area (Å²) in [6.07, 6.45) is 8.09. The van der Waals surface area contributed by atoms with Crippen molar-refractivity contribution >= 4 is 28.4 Å². The van der Waals surface area contributed by atoms with Crippen molar-refractivity contribution in [2.45, 2.75) is 32.5 Å². The highest BCUT2D eigenvalue weighted by molar-refractivity contribution is 5.77. The van der Waals surface area contributed by atoms with E-state index in [0.717, 1.165) is 18.8 Å². The second-order valence-corrected chi connectivity index (χ2v) is 9.94. The van der Waals surface area contributed by atoms with E-state index in [2.05, 4.69) is 63.0 Å². The SMILES string of the molecule is C=CCn1c(=O)c2cnc(Nc3ccc(N4C[C@@H](C)N[C@H](C)C4)cc3)nc2n1-c1cccc(-c2cnccn2)n1. The Morgan fingerprint density at radius 1 is 1.00 bits per heavy atom. The van der Waals surface area contributed by atoms with Gasteiger partial charge in [0.05, 0.1) is 18.4 Å². The molecule has 2 atom stereocenters. The number of pyridine rings is 1. The van der Waals surface area contributed by atoms with Gasteiger partial charge in [-0.05, 0) is 50.2 Å². The molecule has 5 aromatic rings. The predicted molar refractivity (Wildman–Crippen MR) is 156 cm³/mol. The van der Waals surface area contributed by atoms with Gasteiger partial charge in [0, 0.05) is 55.1 Å². The van der Waals surface area contributed by atoms with Crippen molar-refractivity contribution in [2.75, 3.05) is 23.3 Å². The Hall–Kier alpha value is -4.90. The van der Waals surface area contributed by atoms with Crippen LogP contribution in [0.4, 0.5) is 17.3 Å². The van der Waals surface area contributed by atoms with Crippen molar-refractivity contribution in [3.05, 3.63) is 90.3 Å². The molecule has 5 heterocycles. The third-order valence-electron chi connectivity index (χ3n) is 6.80. The highest BCUT2D eigenvalue weighted by Crippen LogP contribution is 2.23. The molecule has 1 saturated heterocycles. The van der Waals surface area contributed by atoms with Gasteiger partial charge >= 0.3 is 0 Å². The van der Waals surface area contributed by atoms with Gasteiger partial charge in [-0.2, -0.15) is 4.98 Å². The number of benzene rings is 1. The topological polar surface area (TPSA) is 119 Å². The monoisotopic (exact) mass is 534 g/mol. The minimum Gasteiger partial charge on any atom is -0.368 e. The van der Waals surface area contributed by atoms with Crippen LogP contribution in [-0.4, -0.2) is 59.5 Å². The first-order chi connectivity index (χ1) is 19.5. The third kappa shape index (κ3) is 4.94. The molecule has 1 aromatic carbocycles. The summed E-state index contributed by atoms with van der Waals surface area (Å²) in [5, 5.41) is 7.24. The Morgan fingerprint density at radius 3 is 2.52 bits per heavy atom. The normalized spacial score (nSPS) is 17.2. The Kier molecular flexibility index (Phi) is 6.79. The van der Waals surface area contributed by atoms with Gasteiger partial charge in [-0.15, -0.1) is 6.58 Å². The molecule has 11 nitrogen and oxygen atoms in total. The van der Waals surface area contributed by atoms with Crippen LogP contribution in [0.3, 0.4) is 0 Å². The van der Waals surface area contributed by atoms with Crippen LogP contribution in [0, 0.1) is 0 Å². The molecule has 0 radical (unpaired) electrons. The van der Waals surface area contributed by atoms with Gasteiger partial charge in [-0.1, -0.05) is 12.1 Å². The summed E-state index contributed by atoms with van der Waals surface area (Å²) in [4.78, 5) is 38.1. The maximum atomic E-state index is 13.3. The summed E-state index contributed by atoms with van der Waals surface area (Å²) in [5.41, 5.74) is 3.49. The highest BCUT2D eigenvalue weighted by Gasteiger charge is 2.21. The zero-order valence-corrected chi connectivity index (χ0v) is 22.4. The van der Waals surface area contributed by atoms with Crippen LogP contribution in [0.5, 0.6) is 0 Å². The van der Waals surface area contributed by atoms with Crippen LogP contribution < -0.4 is 21.1 Å². The number of hydrogen-bond acceptors (Lipinski definition) is 9. The van der Waals surface area contributed by atoms with Crippen molar-refractivity contribution < 1.29 is 0 Å². The second-order valence-electron chi connectivity index (χ2n) is 9.94. The zero-order chi connectivity index (χ0) is 27.6. The lowest BCUT2D eigenvalue weighted by atomic mass is 10.1. The molecule has 1 fully saturated rings. The molecule has 40 heavy (non-hydrogen) atoms. The molecule has 1 aliphatic heterocycles. The van der Waals surface area contributed by atoms with Crippen molar-refractivity contribution in [3.63, 3.8) is 0 Å². The molecule has 0 unspecified atom stereocenters. The molecule has 0 saturated carbocycles. The van der Waals surface area contributed by atoms with Crippen molar-refractivity contribution in [2.24, 2.45) is 0 Å². The van der Waals surface area contributed by atoms with E-state index in [0.29, 0.717) is 46.3 Å². The largest absolute Gasteiger partial charge is 0.368 e. The highest BCUT2D eigenvalue weighted by atomic mass is 16.1. The first kappa shape index (κ1) is 25.4. The first-order valence-corrected chi connectivity index (χ1v) is 13.2. The summed E-state index contributed by atoms with van der Waals surface area (Å²) in [5.74, 6) is 0.893. The van der Waals surface area contributed by atoms with Crippen LogP contribution in [0.15, 0.2) is 84.7 Å². The number of fused-ring (bicyclic) bond motifs is 1. The first-order valence-electron chi connectivity index (χ1n) is 13.2. The number of allylic oxidation sites excluding steroid dienone is 1. The van der Waals surface area contributed by atoms with Gasteiger partial charge < -0.3 is 15.5 Å². The van der Waals surface area contributed by atoms with E-state index in [1.165, 1.54) is 5.69 Å². The Labute approximate surface area is 231 Å². The summed E-state index contributed by atoms with van der Waals surface area (Å²) in [6, 6.07) is 14.6. The lowest BCUT2D eigenvalue weighted by molar-refractivity contribution is 0.407. The molecule has 1 aliphatic rings. The van der Waals surface area contributed by atoms with E-state index in [1.807, 2.05) is 30.3 Å². The standard InChI is InChI=1S/C29H30N10O/c1-4-14-38-28(40)23-15-32-29(34-21-8-10-22(11-9-21)37-17-19(2)33-20(3)18-37)36-27(23)39(38)26-7-5-6-24(35-26)25-16-30-12-13-31-25/h4-13,15-16,19-20,33H,1,14,17-18H2,2-3H3,(H,32,34,36)/t19-,20-/m1/s1. The maximum absolute atomic E-state index is 13.3. The van der Waals surface area contributed by atoms with Crippen LogP contribution in [-0.2, 0) is 6.54 Å². The fraction of sp³-hybridized carbons (Fsp3) is 0.241. The number of nitrogens with zero attached hydrogens (tertiary/aromatic N) is 8. The smallest absolute Gasteiger partial charge is 0.278 e. The predicted octanol–water partition coefficient (Wildman–Crippen LogP) is 3.55. The molecular weight excluding hydrogens is 504 g/mol. The van der Waals surface area contributed by atoms with E-state index in [9.17, 15) is 4.79 Å². The summed E-state index contributed by atoms with van der Waals surface area (Å²) < 4.78 is 3.24. The van der Waals surface area contributed by atoms with Crippen LogP contribution in [0.1, 0.15) is 13.8 Å². The Morgan fingerprint density at radius 2 is 1.80 bits per heavy atom. The molecule has 0 aliphatic carbocycles. The molecule has 0 spiro atoms. The van der Waals surface area contributed by atoms with Crippen molar-refractivity contribution in [3.8, 4) is 17.2 Å². The van der Waals surface area contributed by atoms with Crippen molar-refractivity contribution in [1.29, 1.82) is 0 Å². The quantitative estimate of drug-likeness (QED) is 0.302. The van der Waals surface area contributed by atoms with Gasteiger partial charge in [-0.3, -0.25) is 14.8 Å². The fourth-order valence-electron chi connectivity index (χ4n) is 5.15. The fourth-order valence-corrected chi connectivity index (χ4v) is 5.15. The number of anilines is 3. The number of piperazine rings is 1. The van der Waals surface area contributed by atoms with Crippen LogP contribution in [0.2, 0.25) is 0 Å². The number of hydrogen-bond donors (Lipinski definition) is 2. The van der Waals surface area contributed by atoms with E-state index < -0.39 is 0 Å². The van der Waals surface area contributed by atoms with Gasteiger partial charge in [-0.25, -0.2) is 19.3 Å². The maximum Gasteiger partial charge on any atom is 0.278 e. The molecule has 202 valence electrons. The average Bonchev–Trinajstić information content (AvgIpc) is 3.24. The third-order valence-corrected chi connectivity index (χ3v) is 6.80. The number of nitrogens with one attached hydrogen (secondary N) is 2. The summed E-state index contributed by atoms with van der Waals surface area (Å²) in [6.45, 7) is 10.4. The van der Waals surface area contributed by atoms with Gasteiger partial charge in [0.25, 0.3) is 5.56 Å². The minimum atomic E-state index is -0.225. The molecule has 11 heteroatoms. The van der Waals surface area contributed by atoms with E-state index in [4.69, 9.17) is 9.97 Å². The lowest BCUT2D eigenvalue weighted by Crippen LogP contribution is -2.54. The van der Waals surface area contributed by atoms with E-state index in [1.54, 1.807) is 40.2 Å². The summed E-state index contributed by atoms with van der Waals surface area (Å²) in [7, 11) is 0. The summed E-state index contributed by atoms with van der Waals surface area (Å²) >= 11 is 0. The molecule has 0 bridgehead atoms. The molecule has 4 aromatic heterocycles. The minimum absolute atomic E-state index is 0.225. The molecule has 0 amide bonds. The zero-order valence-electron chi connectivity index (χ0n) is 22.4. The Balaban J connectivity index is 1.35.